The summed E-state index contributed by atoms with van der Waals surface area (Å²) in [5.41, 5.74) is 1.53. The first-order valence-corrected chi connectivity index (χ1v) is 8.65. The average Bonchev–Trinajstić information content (AvgIpc) is 2.46. The van der Waals surface area contributed by atoms with Crippen LogP contribution in [0, 0.1) is 0 Å². The van der Waals surface area contributed by atoms with Crippen LogP contribution in [0.25, 0.3) is 0 Å². The molecule has 1 fully saturated rings. The van der Waals surface area contributed by atoms with Gasteiger partial charge in [-0.2, -0.15) is 0 Å². The lowest BCUT2D eigenvalue weighted by Crippen LogP contribution is -2.45. The van der Waals surface area contributed by atoms with E-state index in [2.05, 4.69) is 0 Å². The number of carbonyl (C=O) groups excluding carboxylic acids is 1. The number of likely N-dealkylation sites (tertiary alicyclic amines) is 1. The molecule has 1 aliphatic heterocycles. The maximum Gasteiger partial charge on any atom is 0.254 e. The molecule has 0 bridgehead atoms. The fraction of sp³-hybridized carbons (Fsp3) is 0.533. The molecule has 5 heteroatoms. The minimum absolute atomic E-state index is 0.0183. The molecule has 1 aromatic carbocycles. The van der Waals surface area contributed by atoms with E-state index in [0.717, 1.165) is 24.8 Å². The first kappa shape index (κ1) is 15.2. The van der Waals surface area contributed by atoms with Crippen molar-refractivity contribution in [1.82, 2.24) is 4.90 Å². The Hall–Kier alpha value is -1.20. The van der Waals surface area contributed by atoms with Crippen molar-refractivity contribution < 1.29 is 14.1 Å². The zero-order valence-corrected chi connectivity index (χ0v) is 12.6. The molecule has 1 amide bonds. The van der Waals surface area contributed by atoms with Crippen LogP contribution >= 0.6 is 0 Å². The summed E-state index contributed by atoms with van der Waals surface area (Å²) in [6.07, 6.45) is 4.56. The molecule has 20 heavy (non-hydrogen) atoms. The molecule has 0 radical (unpaired) electrons. The van der Waals surface area contributed by atoms with Crippen LogP contribution in [0.5, 0.6) is 0 Å². The van der Waals surface area contributed by atoms with Crippen LogP contribution in [-0.4, -0.2) is 45.6 Å². The Kier molecular flexibility index (Phi) is 5.31. The molecule has 4 nitrogen and oxygen atoms in total. The monoisotopic (exact) mass is 295 g/mol. The average molecular weight is 295 g/mol. The van der Waals surface area contributed by atoms with E-state index < -0.39 is 10.8 Å². The van der Waals surface area contributed by atoms with Gasteiger partial charge in [0.05, 0.1) is 12.6 Å². The number of rotatable bonds is 4. The summed E-state index contributed by atoms with van der Waals surface area (Å²) < 4.78 is 11.3. The van der Waals surface area contributed by atoms with Gasteiger partial charge in [0.25, 0.3) is 5.91 Å². The van der Waals surface area contributed by atoms with Crippen molar-refractivity contribution in [2.45, 2.75) is 31.1 Å². The fourth-order valence-corrected chi connectivity index (χ4v) is 3.30. The van der Waals surface area contributed by atoms with Crippen molar-refractivity contribution in [2.75, 3.05) is 19.4 Å². The van der Waals surface area contributed by atoms with Crippen LogP contribution in [0.2, 0.25) is 0 Å². The van der Waals surface area contributed by atoms with Crippen molar-refractivity contribution in [3.8, 4) is 0 Å². The summed E-state index contributed by atoms with van der Waals surface area (Å²) in [7, 11) is -0.916. The van der Waals surface area contributed by atoms with Gasteiger partial charge >= 0.3 is 0 Å². The van der Waals surface area contributed by atoms with Crippen LogP contribution < -0.4 is 0 Å². The van der Waals surface area contributed by atoms with Gasteiger partial charge in [-0.3, -0.25) is 9.00 Å². The number of nitrogens with zero attached hydrogens (tertiary/aromatic N) is 1. The highest BCUT2D eigenvalue weighted by molar-refractivity contribution is 7.83. The highest BCUT2D eigenvalue weighted by atomic mass is 32.2. The molecule has 1 heterocycles. The minimum Gasteiger partial charge on any atom is -0.394 e. The Morgan fingerprint density at radius 3 is 2.95 bits per heavy atom. The zero-order chi connectivity index (χ0) is 14.5. The van der Waals surface area contributed by atoms with E-state index in [1.54, 1.807) is 17.2 Å². The quantitative estimate of drug-likeness (QED) is 0.917. The summed E-state index contributed by atoms with van der Waals surface area (Å²) >= 11 is 0. The second-order valence-corrected chi connectivity index (χ2v) is 6.68. The van der Waals surface area contributed by atoms with E-state index in [-0.39, 0.29) is 18.6 Å². The molecule has 2 rings (SSSR count). The lowest BCUT2D eigenvalue weighted by molar-refractivity contribution is 0.0503. The SMILES string of the molecule is CS(=O)Cc1cccc(C(=O)N2CCCCC2CO)c1. The Balaban J connectivity index is 2.17. The number of aliphatic hydroxyl groups is 1. The standard InChI is InChI=1S/C15H21NO3S/c1-20(19)11-12-5-4-6-13(9-12)15(18)16-8-3-2-7-14(16)10-17/h4-6,9,14,17H,2-3,7-8,10-11H2,1H3. The van der Waals surface area contributed by atoms with Crippen molar-refractivity contribution in [3.05, 3.63) is 35.4 Å². The van der Waals surface area contributed by atoms with E-state index in [9.17, 15) is 14.1 Å². The summed E-state index contributed by atoms with van der Waals surface area (Å²) in [6.45, 7) is 0.721. The number of aliphatic hydroxyl groups excluding tert-OH is 1. The zero-order valence-electron chi connectivity index (χ0n) is 11.7. The van der Waals surface area contributed by atoms with Gasteiger partial charge in [0, 0.05) is 34.9 Å². The van der Waals surface area contributed by atoms with E-state index in [0.29, 0.717) is 17.9 Å². The predicted octanol–water partition coefficient (Wildman–Crippen LogP) is 1.55. The normalized spacial score (nSPS) is 20.7. The number of hydrogen-bond donors (Lipinski definition) is 1. The summed E-state index contributed by atoms with van der Waals surface area (Å²) in [4.78, 5) is 14.3. The topological polar surface area (TPSA) is 57.6 Å². The van der Waals surface area contributed by atoms with Gasteiger partial charge in [-0.05, 0) is 37.0 Å². The second kappa shape index (κ2) is 6.99. The van der Waals surface area contributed by atoms with Gasteiger partial charge in [0.1, 0.15) is 0 Å². The largest absolute Gasteiger partial charge is 0.394 e. The lowest BCUT2D eigenvalue weighted by Gasteiger charge is -2.34. The first-order chi connectivity index (χ1) is 9.61. The molecule has 2 atom stereocenters. The van der Waals surface area contributed by atoms with E-state index in [1.807, 2.05) is 18.2 Å². The predicted molar refractivity (Wildman–Crippen MR) is 80.0 cm³/mol. The summed E-state index contributed by atoms with van der Waals surface area (Å²) in [6, 6.07) is 7.24. The minimum atomic E-state index is -0.916. The van der Waals surface area contributed by atoms with Crippen LogP contribution in [0.1, 0.15) is 35.2 Å². The van der Waals surface area contributed by atoms with Crippen molar-refractivity contribution in [2.24, 2.45) is 0 Å². The molecule has 1 aliphatic rings. The van der Waals surface area contributed by atoms with E-state index in [1.165, 1.54) is 0 Å². The number of hydrogen-bond acceptors (Lipinski definition) is 3. The van der Waals surface area contributed by atoms with Crippen molar-refractivity contribution in [3.63, 3.8) is 0 Å². The number of amides is 1. The molecule has 1 N–H and O–H groups in total. The van der Waals surface area contributed by atoms with Crippen LogP contribution in [-0.2, 0) is 16.6 Å². The molecule has 2 unspecified atom stereocenters. The first-order valence-electron chi connectivity index (χ1n) is 6.92. The summed E-state index contributed by atoms with van der Waals surface area (Å²) in [5.74, 6) is 0.428. The third-order valence-electron chi connectivity index (χ3n) is 3.64. The molecular formula is C15H21NO3S. The Morgan fingerprint density at radius 2 is 2.25 bits per heavy atom. The molecular weight excluding hydrogens is 274 g/mol. The molecule has 1 aromatic rings. The highest BCUT2D eigenvalue weighted by Crippen LogP contribution is 2.20. The Morgan fingerprint density at radius 1 is 1.45 bits per heavy atom. The molecule has 110 valence electrons. The number of carbonyl (C=O) groups is 1. The molecule has 0 aromatic heterocycles. The Labute approximate surface area is 122 Å². The third-order valence-corrected chi connectivity index (χ3v) is 4.38. The van der Waals surface area contributed by atoms with Crippen molar-refractivity contribution in [1.29, 1.82) is 0 Å². The molecule has 0 saturated carbocycles. The van der Waals surface area contributed by atoms with Gasteiger partial charge in [0.15, 0.2) is 0 Å². The van der Waals surface area contributed by atoms with E-state index >= 15 is 0 Å². The second-order valence-electron chi connectivity index (χ2n) is 5.25. The lowest BCUT2D eigenvalue weighted by atomic mass is 10.0. The molecule has 1 saturated heterocycles. The highest BCUT2D eigenvalue weighted by Gasteiger charge is 2.26. The fourth-order valence-electron chi connectivity index (χ4n) is 2.65. The third kappa shape index (κ3) is 3.67. The molecule has 0 aliphatic carbocycles. The van der Waals surface area contributed by atoms with E-state index in [4.69, 9.17) is 0 Å². The van der Waals surface area contributed by atoms with Crippen molar-refractivity contribution >= 4 is 16.7 Å². The van der Waals surface area contributed by atoms with Gasteiger partial charge in [-0.1, -0.05) is 12.1 Å². The number of piperidine rings is 1. The number of benzene rings is 1. The maximum atomic E-state index is 12.5. The van der Waals surface area contributed by atoms with Crippen LogP contribution in [0.15, 0.2) is 24.3 Å². The van der Waals surface area contributed by atoms with Crippen LogP contribution in [0.4, 0.5) is 0 Å². The smallest absolute Gasteiger partial charge is 0.254 e. The molecule has 0 spiro atoms. The summed E-state index contributed by atoms with van der Waals surface area (Å²) in [5, 5.41) is 9.40. The maximum absolute atomic E-state index is 12.5. The van der Waals surface area contributed by atoms with Gasteiger partial charge in [-0.25, -0.2) is 0 Å². The van der Waals surface area contributed by atoms with Gasteiger partial charge in [-0.15, -0.1) is 0 Å². The van der Waals surface area contributed by atoms with Crippen LogP contribution in [0.3, 0.4) is 0 Å². The Bertz CT molecular complexity index is 504. The van der Waals surface area contributed by atoms with Gasteiger partial charge < -0.3 is 10.0 Å². The van der Waals surface area contributed by atoms with Gasteiger partial charge in [0.2, 0.25) is 0 Å².